The molecule has 2 heterocycles. The molecule has 0 saturated carbocycles. The van der Waals surface area contributed by atoms with Crippen molar-refractivity contribution >= 4 is 17.2 Å². The Hall–Kier alpha value is -2.87. The lowest BCUT2D eigenvalue weighted by molar-refractivity contribution is 0.0950. The summed E-state index contributed by atoms with van der Waals surface area (Å²) < 4.78 is 16.2. The summed E-state index contributed by atoms with van der Waals surface area (Å²) in [4.78, 5) is 16.6. The van der Waals surface area contributed by atoms with Gasteiger partial charge in [0.1, 0.15) is 12.4 Å². The van der Waals surface area contributed by atoms with Crippen LogP contribution in [0.4, 0.5) is 0 Å². The summed E-state index contributed by atoms with van der Waals surface area (Å²) in [5.41, 5.74) is 4.73. The Balaban J connectivity index is 1.66. The van der Waals surface area contributed by atoms with Gasteiger partial charge in [-0.25, -0.2) is 4.98 Å². The maximum Gasteiger partial charge on any atom is 0.251 e. The van der Waals surface area contributed by atoms with Crippen LogP contribution in [0, 0.1) is 13.8 Å². The van der Waals surface area contributed by atoms with E-state index in [1.165, 1.54) is 18.4 Å². The zero-order chi connectivity index (χ0) is 18.5. The van der Waals surface area contributed by atoms with E-state index in [2.05, 4.69) is 15.5 Å². The van der Waals surface area contributed by atoms with Gasteiger partial charge in [-0.15, -0.1) is 11.3 Å². The fraction of sp³-hybridized carbons (Fsp3) is 0.278. The number of nitrogens with one attached hydrogen (secondary N) is 1. The number of amides is 1. The highest BCUT2D eigenvalue weighted by Crippen LogP contribution is 2.29. The number of hydrogen-bond acceptors (Lipinski definition) is 7. The summed E-state index contributed by atoms with van der Waals surface area (Å²) in [6.07, 6.45) is 0. The van der Waals surface area contributed by atoms with E-state index in [0.29, 0.717) is 36.0 Å². The van der Waals surface area contributed by atoms with Gasteiger partial charge in [0.15, 0.2) is 11.5 Å². The quantitative estimate of drug-likeness (QED) is 0.684. The highest BCUT2D eigenvalue weighted by molar-refractivity contribution is 7.07. The number of methoxy groups -OCH3 is 1. The molecule has 3 rings (SSSR count). The molecule has 0 aliphatic carbocycles. The van der Waals surface area contributed by atoms with Gasteiger partial charge < -0.3 is 19.3 Å². The largest absolute Gasteiger partial charge is 0.493 e. The molecule has 1 N–H and O–H groups in total. The second-order valence-electron chi connectivity index (χ2n) is 5.62. The minimum atomic E-state index is -0.214. The van der Waals surface area contributed by atoms with Crippen molar-refractivity contribution in [3.63, 3.8) is 0 Å². The minimum Gasteiger partial charge on any atom is -0.493 e. The number of carbonyl (C=O) groups excluding carboxylic acids is 1. The van der Waals surface area contributed by atoms with Gasteiger partial charge in [-0.3, -0.25) is 4.79 Å². The molecule has 0 bridgehead atoms. The molecule has 136 valence electrons. The Labute approximate surface area is 154 Å². The first-order chi connectivity index (χ1) is 12.6. The third-order valence-corrected chi connectivity index (χ3v) is 4.53. The Kier molecular flexibility index (Phi) is 5.52. The van der Waals surface area contributed by atoms with Gasteiger partial charge in [0, 0.05) is 23.1 Å². The maximum absolute atomic E-state index is 12.4. The van der Waals surface area contributed by atoms with Crippen LogP contribution in [0.3, 0.4) is 0 Å². The lowest BCUT2D eigenvalue weighted by Crippen LogP contribution is -2.23. The third-order valence-electron chi connectivity index (χ3n) is 3.89. The van der Waals surface area contributed by atoms with Gasteiger partial charge in [0.05, 0.1) is 24.0 Å². The summed E-state index contributed by atoms with van der Waals surface area (Å²) in [6.45, 7) is 4.36. The monoisotopic (exact) mass is 373 g/mol. The van der Waals surface area contributed by atoms with E-state index >= 15 is 0 Å². The molecule has 7 nitrogen and oxygen atoms in total. The van der Waals surface area contributed by atoms with E-state index in [1.54, 1.807) is 23.7 Å². The van der Waals surface area contributed by atoms with E-state index in [-0.39, 0.29) is 5.91 Å². The summed E-state index contributed by atoms with van der Waals surface area (Å²) >= 11 is 1.51. The average Bonchev–Trinajstić information content (AvgIpc) is 3.28. The molecule has 0 fully saturated rings. The number of carbonyl (C=O) groups is 1. The third kappa shape index (κ3) is 4.02. The smallest absolute Gasteiger partial charge is 0.251 e. The highest BCUT2D eigenvalue weighted by Gasteiger charge is 2.14. The van der Waals surface area contributed by atoms with Crippen molar-refractivity contribution in [3.05, 3.63) is 57.4 Å². The van der Waals surface area contributed by atoms with E-state index < -0.39 is 0 Å². The number of ether oxygens (including phenoxy) is 2. The molecule has 0 saturated heterocycles. The van der Waals surface area contributed by atoms with E-state index in [0.717, 1.165) is 17.0 Å². The lowest BCUT2D eigenvalue weighted by Gasteiger charge is -2.12. The van der Waals surface area contributed by atoms with Gasteiger partial charge in [0.25, 0.3) is 5.91 Å². The van der Waals surface area contributed by atoms with E-state index in [9.17, 15) is 4.79 Å². The lowest BCUT2D eigenvalue weighted by atomic mass is 10.1. The number of nitrogens with zero attached hydrogens (tertiary/aromatic N) is 2. The number of thiazole rings is 1. The zero-order valence-corrected chi connectivity index (χ0v) is 15.6. The molecule has 0 radical (unpaired) electrons. The first-order valence-corrected chi connectivity index (χ1v) is 8.90. The summed E-state index contributed by atoms with van der Waals surface area (Å²) in [7, 11) is 1.54. The molecule has 8 heteroatoms. The number of benzene rings is 1. The van der Waals surface area contributed by atoms with Gasteiger partial charge in [0.2, 0.25) is 0 Å². The molecular weight excluding hydrogens is 354 g/mol. The maximum atomic E-state index is 12.4. The van der Waals surface area contributed by atoms with Crippen LogP contribution < -0.4 is 14.8 Å². The second-order valence-corrected chi connectivity index (χ2v) is 6.34. The highest BCUT2D eigenvalue weighted by atomic mass is 32.1. The first kappa shape index (κ1) is 17.9. The molecule has 0 atom stereocenters. The molecule has 0 aliphatic heterocycles. The first-order valence-electron chi connectivity index (χ1n) is 7.96. The fourth-order valence-electron chi connectivity index (χ4n) is 2.41. The second kappa shape index (κ2) is 8.01. The van der Waals surface area contributed by atoms with Crippen molar-refractivity contribution < 1.29 is 18.8 Å². The van der Waals surface area contributed by atoms with Crippen LogP contribution in [0.25, 0.3) is 0 Å². The molecule has 1 amide bonds. The minimum absolute atomic E-state index is 0.214. The van der Waals surface area contributed by atoms with Crippen LogP contribution in [-0.2, 0) is 13.2 Å². The van der Waals surface area contributed by atoms with Crippen LogP contribution >= 0.6 is 11.3 Å². The zero-order valence-electron chi connectivity index (χ0n) is 14.7. The SMILES string of the molecule is COc1cc(C(=O)NCc2c(C)noc2C)ccc1OCc1cscn1. The standard InChI is InChI=1S/C18H19N3O4S/c1-11-15(12(2)25-21-11)7-19-18(22)13-4-5-16(17(6-13)23-3)24-8-14-9-26-10-20-14/h4-6,9-10H,7-8H2,1-3H3,(H,19,22). The molecular formula is C18H19N3O4S. The molecule has 2 aromatic heterocycles. The van der Waals surface area contributed by atoms with Gasteiger partial charge in [-0.05, 0) is 32.0 Å². The molecule has 0 unspecified atom stereocenters. The summed E-state index contributed by atoms with van der Waals surface area (Å²) in [5, 5.41) is 8.66. The topological polar surface area (TPSA) is 86.5 Å². The predicted molar refractivity (Wildman–Crippen MR) is 96.6 cm³/mol. The number of rotatable bonds is 7. The molecule has 0 aliphatic rings. The number of aromatic nitrogens is 2. The predicted octanol–water partition coefficient (Wildman–Crippen LogP) is 3.27. The fourth-order valence-corrected chi connectivity index (χ4v) is 2.96. The van der Waals surface area contributed by atoms with Crippen molar-refractivity contribution in [2.45, 2.75) is 27.0 Å². The molecule has 3 aromatic rings. The van der Waals surface area contributed by atoms with Crippen molar-refractivity contribution in [2.24, 2.45) is 0 Å². The van der Waals surface area contributed by atoms with Crippen molar-refractivity contribution in [2.75, 3.05) is 7.11 Å². The normalized spacial score (nSPS) is 10.6. The van der Waals surface area contributed by atoms with Gasteiger partial charge >= 0.3 is 0 Å². The molecule has 1 aromatic carbocycles. The van der Waals surface area contributed by atoms with E-state index in [4.69, 9.17) is 14.0 Å². The van der Waals surface area contributed by atoms with E-state index in [1.807, 2.05) is 19.2 Å². The molecule has 26 heavy (non-hydrogen) atoms. The number of hydrogen-bond donors (Lipinski definition) is 1. The van der Waals surface area contributed by atoms with Crippen LogP contribution in [0.15, 0.2) is 33.6 Å². The Morgan fingerprint density at radius 2 is 2.15 bits per heavy atom. The van der Waals surface area contributed by atoms with Crippen LogP contribution in [0.1, 0.15) is 33.1 Å². The van der Waals surface area contributed by atoms with Gasteiger partial charge in [-0.2, -0.15) is 0 Å². The summed E-state index contributed by atoms with van der Waals surface area (Å²) in [6, 6.07) is 5.07. The van der Waals surface area contributed by atoms with Crippen LogP contribution in [-0.4, -0.2) is 23.2 Å². The van der Waals surface area contributed by atoms with Crippen LogP contribution in [0.2, 0.25) is 0 Å². The Bertz CT molecular complexity index is 870. The Morgan fingerprint density at radius 1 is 1.31 bits per heavy atom. The Morgan fingerprint density at radius 3 is 2.81 bits per heavy atom. The van der Waals surface area contributed by atoms with Crippen molar-refractivity contribution in [3.8, 4) is 11.5 Å². The average molecular weight is 373 g/mol. The molecule has 0 spiro atoms. The van der Waals surface area contributed by atoms with Crippen LogP contribution in [0.5, 0.6) is 11.5 Å². The van der Waals surface area contributed by atoms with Crippen molar-refractivity contribution in [1.82, 2.24) is 15.5 Å². The van der Waals surface area contributed by atoms with Crippen molar-refractivity contribution in [1.29, 1.82) is 0 Å². The number of aryl methyl sites for hydroxylation is 2. The summed E-state index contributed by atoms with van der Waals surface area (Å²) in [5.74, 6) is 1.54. The van der Waals surface area contributed by atoms with Gasteiger partial charge in [-0.1, -0.05) is 5.16 Å².